The highest BCUT2D eigenvalue weighted by molar-refractivity contribution is 6.31. The molecule has 0 unspecified atom stereocenters. The third kappa shape index (κ3) is 5.33. The maximum atomic E-state index is 12.5. The van der Waals surface area contributed by atoms with Crippen LogP contribution < -0.4 is 10.6 Å². The summed E-state index contributed by atoms with van der Waals surface area (Å²) in [4.78, 5) is 24.6. The van der Waals surface area contributed by atoms with Crippen molar-refractivity contribution in [2.24, 2.45) is 0 Å². The number of unbranched alkanes of at least 4 members (excludes halogenated alkanes) is 2. The Balaban J connectivity index is 2.06. The Morgan fingerprint density at radius 2 is 1.68 bits per heavy atom. The largest absolute Gasteiger partial charge is 0.352 e. The molecule has 0 fully saturated rings. The second kappa shape index (κ2) is 9.23. The lowest BCUT2D eigenvalue weighted by Gasteiger charge is -2.10. The molecule has 0 atom stereocenters. The zero-order valence-electron chi connectivity index (χ0n) is 14.6. The molecule has 2 N–H and O–H groups in total. The molecule has 2 aromatic rings. The van der Waals surface area contributed by atoms with Crippen LogP contribution in [0.3, 0.4) is 0 Å². The van der Waals surface area contributed by atoms with Gasteiger partial charge in [-0.15, -0.1) is 0 Å². The fraction of sp³-hybridized carbons (Fsp3) is 0.300. The lowest BCUT2D eigenvalue weighted by atomic mass is 10.1. The minimum absolute atomic E-state index is 0.162. The maximum absolute atomic E-state index is 12.5. The van der Waals surface area contributed by atoms with Gasteiger partial charge in [-0.3, -0.25) is 9.59 Å². The SMILES string of the molecule is CCCCCNC(=O)c1cccc(C(=O)Nc2cccc(Cl)c2C)c1. The molecule has 2 rings (SSSR count). The molecule has 0 aromatic heterocycles. The van der Waals surface area contributed by atoms with E-state index in [4.69, 9.17) is 11.6 Å². The molecule has 0 aliphatic rings. The maximum Gasteiger partial charge on any atom is 0.255 e. The number of amides is 2. The molecule has 2 aromatic carbocycles. The number of nitrogens with one attached hydrogen (secondary N) is 2. The molecule has 0 aliphatic heterocycles. The Hall–Kier alpha value is -2.33. The van der Waals surface area contributed by atoms with Crippen LogP contribution in [0, 0.1) is 6.92 Å². The first-order chi connectivity index (χ1) is 12.0. The number of carbonyl (C=O) groups is 2. The van der Waals surface area contributed by atoms with E-state index in [1.165, 1.54) is 0 Å². The first-order valence-electron chi connectivity index (χ1n) is 8.47. The monoisotopic (exact) mass is 358 g/mol. The number of rotatable bonds is 7. The van der Waals surface area contributed by atoms with Gasteiger partial charge in [0, 0.05) is 28.4 Å². The number of carbonyl (C=O) groups excluding carboxylic acids is 2. The van der Waals surface area contributed by atoms with E-state index in [2.05, 4.69) is 17.6 Å². The molecule has 132 valence electrons. The molecule has 0 saturated heterocycles. The lowest BCUT2D eigenvalue weighted by Crippen LogP contribution is -2.24. The summed E-state index contributed by atoms with van der Waals surface area (Å²) in [6, 6.07) is 12.1. The predicted octanol–water partition coefficient (Wildman–Crippen LogP) is 4.82. The van der Waals surface area contributed by atoms with Crippen molar-refractivity contribution < 1.29 is 9.59 Å². The Bertz CT molecular complexity index is 759. The van der Waals surface area contributed by atoms with E-state index in [0.29, 0.717) is 28.4 Å². The third-order valence-corrected chi connectivity index (χ3v) is 4.38. The molecular weight excluding hydrogens is 336 g/mol. The highest BCUT2D eigenvalue weighted by Gasteiger charge is 2.12. The molecule has 0 aliphatic carbocycles. The molecular formula is C20H23ClN2O2. The fourth-order valence-corrected chi connectivity index (χ4v) is 2.59. The predicted molar refractivity (Wildman–Crippen MR) is 102 cm³/mol. The highest BCUT2D eigenvalue weighted by Crippen LogP contribution is 2.23. The summed E-state index contributed by atoms with van der Waals surface area (Å²) < 4.78 is 0. The average Bonchev–Trinajstić information content (AvgIpc) is 2.62. The van der Waals surface area contributed by atoms with Gasteiger partial charge >= 0.3 is 0 Å². The normalized spacial score (nSPS) is 10.4. The fourth-order valence-electron chi connectivity index (χ4n) is 2.42. The lowest BCUT2D eigenvalue weighted by molar-refractivity contribution is 0.0953. The second-order valence-corrected chi connectivity index (χ2v) is 6.32. The van der Waals surface area contributed by atoms with E-state index in [0.717, 1.165) is 24.8 Å². The van der Waals surface area contributed by atoms with Crippen molar-refractivity contribution in [1.29, 1.82) is 0 Å². The minimum atomic E-state index is -0.272. The third-order valence-electron chi connectivity index (χ3n) is 3.97. The van der Waals surface area contributed by atoms with E-state index in [9.17, 15) is 9.59 Å². The molecule has 0 radical (unpaired) electrons. The molecule has 25 heavy (non-hydrogen) atoms. The van der Waals surface area contributed by atoms with E-state index in [1.807, 2.05) is 6.92 Å². The topological polar surface area (TPSA) is 58.2 Å². The van der Waals surface area contributed by atoms with Gasteiger partial charge in [0.15, 0.2) is 0 Å². The van der Waals surface area contributed by atoms with Crippen molar-refractivity contribution in [2.75, 3.05) is 11.9 Å². The van der Waals surface area contributed by atoms with Gasteiger partial charge in [0.25, 0.3) is 11.8 Å². The van der Waals surface area contributed by atoms with Gasteiger partial charge < -0.3 is 10.6 Å². The molecule has 4 nitrogen and oxygen atoms in total. The number of halogens is 1. The number of benzene rings is 2. The number of anilines is 1. The smallest absolute Gasteiger partial charge is 0.255 e. The molecule has 0 spiro atoms. The van der Waals surface area contributed by atoms with Crippen molar-refractivity contribution in [2.45, 2.75) is 33.1 Å². The van der Waals surface area contributed by atoms with Gasteiger partial charge in [0.1, 0.15) is 0 Å². The van der Waals surface area contributed by atoms with Gasteiger partial charge in [-0.2, -0.15) is 0 Å². The minimum Gasteiger partial charge on any atom is -0.352 e. The molecule has 0 saturated carbocycles. The van der Waals surface area contributed by atoms with E-state index < -0.39 is 0 Å². The second-order valence-electron chi connectivity index (χ2n) is 5.91. The first kappa shape index (κ1) is 19.0. The number of hydrogen-bond donors (Lipinski definition) is 2. The van der Waals surface area contributed by atoms with Crippen molar-refractivity contribution in [3.8, 4) is 0 Å². The van der Waals surface area contributed by atoms with E-state index >= 15 is 0 Å². The Morgan fingerprint density at radius 3 is 2.40 bits per heavy atom. The summed E-state index contributed by atoms with van der Waals surface area (Å²) in [5, 5.41) is 6.31. The molecule has 0 bridgehead atoms. The standard InChI is InChI=1S/C20H23ClN2O2/c1-3-4-5-12-22-19(24)15-8-6-9-16(13-15)20(25)23-18-11-7-10-17(21)14(18)2/h6-11,13H,3-5,12H2,1-2H3,(H,22,24)(H,23,25). The molecule has 2 amide bonds. The molecule has 0 heterocycles. The summed E-state index contributed by atoms with van der Waals surface area (Å²) >= 11 is 6.08. The van der Waals surface area contributed by atoms with Crippen LogP contribution in [0.25, 0.3) is 0 Å². The van der Waals surface area contributed by atoms with E-state index in [1.54, 1.807) is 42.5 Å². The Kier molecular flexibility index (Phi) is 7.02. The quantitative estimate of drug-likeness (QED) is 0.697. The van der Waals surface area contributed by atoms with Crippen molar-refractivity contribution in [3.63, 3.8) is 0 Å². The van der Waals surface area contributed by atoms with E-state index in [-0.39, 0.29) is 11.8 Å². The van der Waals surface area contributed by atoms with Crippen LogP contribution in [0.4, 0.5) is 5.69 Å². The van der Waals surface area contributed by atoms with Gasteiger partial charge in [-0.1, -0.05) is 43.5 Å². The summed E-state index contributed by atoms with van der Waals surface area (Å²) in [5.74, 6) is -0.435. The van der Waals surface area contributed by atoms with Crippen LogP contribution >= 0.6 is 11.6 Å². The first-order valence-corrected chi connectivity index (χ1v) is 8.85. The molecule has 5 heteroatoms. The van der Waals surface area contributed by atoms with Crippen LogP contribution in [0.1, 0.15) is 52.5 Å². The van der Waals surface area contributed by atoms with Crippen molar-refractivity contribution in [1.82, 2.24) is 5.32 Å². The average molecular weight is 359 g/mol. The van der Waals surface area contributed by atoms with Crippen LogP contribution in [0.5, 0.6) is 0 Å². The summed E-state index contributed by atoms with van der Waals surface area (Å²) in [6.07, 6.45) is 3.15. The van der Waals surface area contributed by atoms with Crippen LogP contribution in [0.2, 0.25) is 5.02 Å². The summed E-state index contributed by atoms with van der Waals surface area (Å²) in [6.45, 7) is 4.61. The van der Waals surface area contributed by atoms with Gasteiger partial charge in [-0.05, 0) is 49.2 Å². The van der Waals surface area contributed by atoms with Gasteiger partial charge in [0.2, 0.25) is 0 Å². The Morgan fingerprint density at radius 1 is 1.00 bits per heavy atom. The van der Waals surface area contributed by atoms with Crippen LogP contribution in [0.15, 0.2) is 42.5 Å². The zero-order chi connectivity index (χ0) is 18.2. The van der Waals surface area contributed by atoms with Crippen molar-refractivity contribution in [3.05, 3.63) is 64.2 Å². The van der Waals surface area contributed by atoms with Crippen LogP contribution in [-0.4, -0.2) is 18.4 Å². The summed E-state index contributed by atoms with van der Waals surface area (Å²) in [5.41, 5.74) is 2.38. The van der Waals surface area contributed by atoms with Crippen LogP contribution in [-0.2, 0) is 0 Å². The Labute approximate surface area is 153 Å². The van der Waals surface area contributed by atoms with Gasteiger partial charge in [-0.25, -0.2) is 0 Å². The zero-order valence-corrected chi connectivity index (χ0v) is 15.3. The van der Waals surface area contributed by atoms with Gasteiger partial charge in [0.05, 0.1) is 0 Å². The highest BCUT2D eigenvalue weighted by atomic mass is 35.5. The summed E-state index contributed by atoms with van der Waals surface area (Å²) in [7, 11) is 0. The van der Waals surface area contributed by atoms with Crippen molar-refractivity contribution >= 4 is 29.1 Å². The number of hydrogen-bond acceptors (Lipinski definition) is 2.